The average Bonchev–Trinajstić information content (AvgIpc) is 2.58. The summed E-state index contributed by atoms with van der Waals surface area (Å²) < 4.78 is 13.8. The summed E-state index contributed by atoms with van der Waals surface area (Å²) in [4.78, 5) is 36.8. The monoisotopic (exact) mass is 391 g/mol. The number of nitrogens with one attached hydrogen (secondary N) is 2. The highest BCUT2D eigenvalue weighted by atomic mass is 35.5. The molecule has 0 aliphatic rings. The molecule has 0 bridgehead atoms. The van der Waals surface area contributed by atoms with Crippen LogP contribution in [-0.4, -0.2) is 30.8 Å². The molecule has 0 fully saturated rings. The first-order valence-electron chi connectivity index (χ1n) is 8.17. The highest BCUT2D eigenvalue weighted by Gasteiger charge is 2.17. The molecule has 0 saturated heterocycles. The van der Waals surface area contributed by atoms with E-state index >= 15 is 0 Å². The zero-order valence-corrected chi connectivity index (χ0v) is 15.6. The van der Waals surface area contributed by atoms with Crippen LogP contribution < -0.4 is 15.5 Å². The number of carbonyl (C=O) groups is 3. The highest BCUT2D eigenvalue weighted by Crippen LogP contribution is 2.20. The van der Waals surface area contributed by atoms with Gasteiger partial charge in [-0.3, -0.25) is 14.4 Å². The van der Waals surface area contributed by atoms with E-state index in [0.717, 1.165) is 6.07 Å². The molecular formula is C19H19ClFN3O3. The van der Waals surface area contributed by atoms with Crippen LogP contribution in [0.3, 0.4) is 0 Å². The Kier molecular flexibility index (Phi) is 6.90. The second-order valence-corrected chi connectivity index (χ2v) is 6.16. The fourth-order valence-corrected chi connectivity index (χ4v) is 2.76. The molecule has 3 amide bonds. The molecule has 0 atom stereocenters. The van der Waals surface area contributed by atoms with Crippen LogP contribution in [0.1, 0.15) is 24.2 Å². The Morgan fingerprint density at radius 1 is 1.11 bits per heavy atom. The molecule has 2 aromatic rings. The number of hydrogen-bond acceptors (Lipinski definition) is 3. The topological polar surface area (TPSA) is 78.5 Å². The second-order valence-electron chi connectivity index (χ2n) is 5.75. The molecule has 0 spiro atoms. The van der Waals surface area contributed by atoms with E-state index in [9.17, 15) is 18.8 Å². The fourth-order valence-electron chi connectivity index (χ4n) is 2.51. The SMILES string of the molecule is CC(=O)Nc1cccc(N(CCNC(=O)c2c(F)cccc2Cl)C(C)=O)c1. The maximum atomic E-state index is 13.8. The molecule has 0 aromatic heterocycles. The van der Waals surface area contributed by atoms with Crippen LogP contribution in [0, 0.1) is 5.82 Å². The zero-order valence-electron chi connectivity index (χ0n) is 14.9. The van der Waals surface area contributed by atoms with E-state index in [4.69, 9.17) is 11.6 Å². The predicted octanol–water partition coefficient (Wildman–Crippen LogP) is 3.22. The Labute approximate surface area is 161 Å². The number of rotatable bonds is 6. The van der Waals surface area contributed by atoms with E-state index in [2.05, 4.69) is 10.6 Å². The molecular weight excluding hydrogens is 373 g/mol. The van der Waals surface area contributed by atoms with Crippen LogP contribution in [0.4, 0.5) is 15.8 Å². The second kappa shape index (κ2) is 9.14. The van der Waals surface area contributed by atoms with E-state index in [-0.39, 0.29) is 35.5 Å². The van der Waals surface area contributed by atoms with Crippen molar-refractivity contribution in [2.45, 2.75) is 13.8 Å². The smallest absolute Gasteiger partial charge is 0.255 e. The summed E-state index contributed by atoms with van der Waals surface area (Å²) in [6.07, 6.45) is 0. The molecule has 2 aromatic carbocycles. The van der Waals surface area contributed by atoms with E-state index < -0.39 is 11.7 Å². The van der Waals surface area contributed by atoms with Gasteiger partial charge in [0.25, 0.3) is 5.91 Å². The van der Waals surface area contributed by atoms with Gasteiger partial charge in [0.2, 0.25) is 11.8 Å². The van der Waals surface area contributed by atoms with Gasteiger partial charge in [-0.05, 0) is 30.3 Å². The van der Waals surface area contributed by atoms with Crippen LogP contribution in [0.15, 0.2) is 42.5 Å². The first-order valence-corrected chi connectivity index (χ1v) is 8.55. The molecule has 0 unspecified atom stereocenters. The van der Waals surface area contributed by atoms with E-state index in [1.165, 1.54) is 30.9 Å². The number of hydrogen-bond donors (Lipinski definition) is 2. The van der Waals surface area contributed by atoms with Crippen LogP contribution in [-0.2, 0) is 9.59 Å². The van der Waals surface area contributed by atoms with E-state index in [1.807, 2.05) is 0 Å². The van der Waals surface area contributed by atoms with Crippen LogP contribution in [0.5, 0.6) is 0 Å². The van der Waals surface area contributed by atoms with Crippen molar-refractivity contribution in [3.05, 3.63) is 58.9 Å². The average molecular weight is 392 g/mol. The summed E-state index contributed by atoms with van der Waals surface area (Å²) in [6, 6.07) is 10.7. The molecule has 0 aliphatic heterocycles. The zero-order chi connectivity index (χ0) is 20.0. The molecule has 6 nitrogen and oxygen atoms in total. The summed E-state index contributed by atoms with van der Waals surface area (Å²) in [5.74, 6) is -1.84. The van der Waals surface area contributed by atoms with Crippen molar-refractivity contribution in [1.29, 1.82) is 0 Å². The van der Waals surface area contributed by atoms with Gasteiger partial charge in [-0.1, -0.05) is 23.7 Å². The van der Waals surface area contributed by atoms with Crippen LogP contribution in [0.25, 0.3) is 0 Å². The summed E-state index contributed by atoms with van der Waals surface area (Å²) in [5, 5.41) is 5.21. The lowest BCUT2D eigenvalue weighted by Gasteiger charge is -2.22. The quantitative estimate of drug-likeness (QED) is 0.793. The van der Waals surface area contributed by atoms with Gasteiger partial charge in [-0.2, -0.15) is 0 Å². The van der Waals surface area contributed by atoms with Gasteiger partial charge < -0.3 is 15.5 Å². The molecule has 2 rings (SSSR count). The molecule has 0 aliphatic carbocycles. The van der Waals surface area contributed by atoms with Crippen molar-refractivity contribution in [2.24, 2.45) is 0 Å². The van der Waals surface area contributed by atoms with Crippen LogP contribution in [0.2, 0.25) is 5.02 Å². The van der Waals surface area contributed by atoms with Gasteiger partial charge in [0.1, 0.15) is 5.82 Å². The minimum absolute atomic E-state index is 0.0129. The van der Waals surface area contributed by atoms with Gasteiger partial charge in [0, 0.05) is 38.3 Å². The van der Waals surface area contributed by atoms with Crippen molar-refractivity contribution in [3.63, 3.8) is 0 Å². The molecule has 0 heterocycles. The van der Waals surface area contributed by atoms with Crippen molar-refractivity contribution >= 4 is 40.7 Å². The van der Waals surface area contributed by atoms with Crippen LogP contribution >= 0.6 is 11.6 Å². The van der Waals surface area contributed by atoms with Gasteiger partial charge in [-0.25, -0.2) is 4.39 Å². The van der Waals surface area contributed by atoms with Gasteiger partial charge in [-0.15, -0.1) is 0 Å². The summed E-state index contributed by atoms with van der Waals surface area (Å²) in [5.41, 5.74) is 0.876. The lowest BCUT2D eigenvalue weighted by atomic mass is 10.2. The molecule has 2 N–H and O–H groups in total. The number of nitrogens with zero attached hydrogens (tertiary/aromatic N) is 1. The first kappa shape index (κ1) is 20.4. The normalized spacial score (nSPS) is 10.2. The van der Waals surface area contributed by atoms with Crippen molar-refractivity contribution in [2.75, 3.05) is 23.3 Å². The Balaban J connectivity index is 2.06. The molecule has 0 saturated carbocycles. The maximum Gasteiger partial charge on any atom is 0.255 e. The van der Waals surface area contributed by atoms with Gasteiger partial charge >= 0.3 is 0 Å². The first-order chi connectivity index (χ1) is 12.8. The fraction of sp³-hybridized carbons (Fsp3) is 0.211. The standard InChI is InChI=1S/C19H19ClFN3O3/c1-12(25)23-14-5-3-6-15(11-14)24(13(2)26)10-9-22-19(27)18-16(20)7-4-8-17(18)21/h3-8,11H,9-10H2,1-2H3,(H,22,27)(H,23,25). The lowest BCUT2D eigenvalue weighted by molar-refractivity contribution is -0.116. The highest BCUT2D eigenvalue weighted by molar-refractivity contribution is 6.33. The number of anilines is 2. The Bertz CT molecular complexity index is 853. The molecule has 27 heavy (non-hydrogen) atoms. The third-order valence-corrected chi connectivity index (χ3v) is 3.98. The predicted molar refractivity (Wildman–Crippen MR) is 103 cm³/mol. The lowest BCUT2D eigenvalue weighted by Crippen LogP contribution is -2.37. The van der Waals surface area contributed by atoms with Gasteiger partial charge in [0.15, 0.2) is 0 Å². The molecule has 8 heteroatoms. The summed E-state index contributed by atoms with van der Waals surface area (Å²) in [6.45, 7) is 3.03. The number of amides is 3. The molecule has 0 radical (unpaired) electrons. The number of halogens is 2. The third-order valence-electron chi connectivity index (χ3n) is 3.67. The maximum absolute atomic E-state index is 13.8. The Morgan fingerprint density at radius 2 is 1.81 bits per heavy atom. The van der Waals surface area contributed by atoms with Crippen molar-refractivity contribution < 1.29 is 18.8 Å². The largest absolute Gasteiger partial charge is 0.350 e. The third kappa shape index (κ3) is 5.52. The summed E-state index contributed by atoms with van der Waals surface area (Å²) in [7, 11) is 0. The molecule has 142 valence electrons. The summed E-state index contributed by atoms with van der Waals surface area (Å²) >= 11 is 5.87. The van der Waals surface area contributed by atoms with E-state index in [1.54, 1.807) is 24.3 Å². The van der Waals surface area contributed by atoms with E-state index in [0.29, 0.717) is 11.4 Å². The van der Waals surface area contributed by atoms with Crippen molar-refractivity contribution in [1.82, 2.24) is 5.32 Å². The van der Waals surface area contributed by atoms with Gasteiger partial charge in [0.05, 0.1) is 10.6 Å². The Hall–Kier alpha value is -2.93. The number of benzene rings is 2. The minimum atomic E-state index is -0.716. The Morgan fingerprint density at radius 3 is 2.44 bits per heavy atom. The minimum Gasteiger partial charge on any atom is -0.350 e. The number of carbonyl (C=O) groups excluding carboxylic acids is 3. The van der Waals surface area contributed by atoms with Crippen molar-refractivity contribution in [3.8, 4) is 0 Å².